The first kappa shape index (κ1) is 11.6. The van der Waals surface area contributed by atoms with Crippen molar-refractivity contribution in [3.05, 3.63) is 30.0 Å². The first-order valence-electron chi connectivity index (χ1n) is 6.26. The van der Waals surface area contributed by atoms with E-state index < -0.39 is 0 Å². The summed E-state index contributed by atoms with van der Waals surface area (Å²) in [6.07, 6.45) is 2.89. The summed E-state index contributed by atoms with van der Waals surface area (Å²) >= 11 is 0. The smallest absolute Gasteiger partial charge is 0.176 e. The fraction of sp³-hybridized carbons (Fsp3) is 0.429. The molecule has 4 nitrogen and oxygen atoms in total. The molecule has 0 bridgehead atoms. The summed E-state index contributed by atoms with van der Waals surface area (Å²) in [6.45, 7) is 2.62. The van der Waals surface area contributed by atoms with Crippen LogP contribution in [0.25, 0.3) is 11.0 Å². The average molecular weight is 247 g/mol. The molecule has 1 N–H and O–H groups in total. The third kappa shape index (κ3) is 1.98. The van der Waals surface area contributed by atoms with E-state index >= 15 is 0 Å². The van der Waals surface area contributed by atoms with E-state index in [0.29, 0.717) is 0 Å². The van der Waals surface area contributed by atoms with Crippen LogP contribution in [0.3, 0.4) is 0 Å². The van der Waals surface area contributed by atoms with Crippen molar-refractivity contribution in [1.82, 2.24) is 5.32 Å². The molecule has 1 aliphatic heterocycles. The van der Waals surface area contributed by atoms with Crippen LogP contribution < -0.4 is 10.1 Å². The number of furan rings is 1. The highest BCUT2D eigenvalue weighted by atomic mass is 16.5. The van der Waals surface area contributed by atoms with Gasteiger partial charge in [-0.3, -0.25) is 0 Å². The van der Waals surface area contributed by atoms with E-state index in [1.807, 2.05) is 18.2 Å². The molecule has 1 saturated heterocycles. The molecule has 1 aliphatic rings. The molecule has 4 heteroatoms. The van der Waals surface area contributed by atoms with Crippen molar-refractivity contribution in [2.24, 2.45) is 0 Å². The predicted molar refractivity (Wildman–Crippen MR) is 68.9 cm³/mol. The van der Waals surface area contributed by atoms with Crippen LogP contribution >= 0.6 is 0 Å². The highest BCUT2D eigenvalue weighted by Crippen LogP contribution is 2.34. The van der Waals surface area contributed by atoms with Gasteiger partial charge in [0.25, 0.3) is 0 Å². The molecule has 1 atom stereocenters. The van der Waals surface area contributed by atoms with Crippen LogP contribution in [-0.4, -0.2) is 26.8 Å². The van der Waals surface area contributed by atoms with Gasteiger partial charge in [-0.05, 0) is 19.0 Å². The van der Waals surface area contributed by atoms with Crippen molar-refractivity contribution in [1.29, 1.82) is 0 Å². The molecule has 0 saturated carbocycles. The van der Waals surface area contributed by atoms with Gasteiger partial charge < -0.3 is 19.2 Å². The molecule has 0 spiro atoms. The third-order valence-electron chi connectivity index (χ3n) is 3.31. The first-order chi connectivity index (χ1) is 8.90. The largest absolute Gasteiger partial charge is 0.493 e. The van der Waals surface area contributed by atoms with Gasteiger partial charge in [0.2, 0.25) is 0 Å². The zero-order valence-corrected chi connectivity index (χ0v) is 10.4. The van der Waals surface area contributed by atoms with Crippen LogP contribution in [0.5, 0.6) is 5.75 Å². The van der Waals surface area contributed by atoms with Gasteiger partial charge in [-0.25, -0.2) is 0 Å². The van der Waals surface area contributed by atoms with Crippen LogP contribution in [0.4, 0.5) is 0 Å². The molecule has 0 amide bonds. The van der Waals surface area contributed by atoms with Crippen molar-refractivity contribution < 1.29 is 13.9 Å². The van der Waals surface area contributed by atoms with Crippen molar-refractivity contribution >= 4 is 11.0 Å². The minimum atomic E-state index is 0.0563. The van der Waals surface area contributed by atoms with E-state index in [2.05, 4.69) is 5.32 Å². The second-order valence-electron chi connectivity index (χ2n) is 4.45. The fourth-order valence-corrected chi connectivity index (χ4v) is 2.38. The molecular formula is C14H17NO3. The predicted octanol–water partition coefficient (Wildman–Crippen LogP) is 2.49. The van der Waals surface area contributed by atoms with Crippen LogP contribution in [0.15, 0.2) is 28.9 Å². The highest BCUT2D eigenvalue weighted by Gasteiger charge is 2.20. The maximum atomic E-state index is 5.87. The Kier molecular flexibility index (Phi) is 3.21. The Morgan fingerprint density at radius 2 is 2.33 bits per heavy atom. The third-order valence-corrected chi connectivity index (χ3v) is 3.31. The highest BCUT2D eigenvalue weighted by molar-refractivity contribution is 5.86. The molecule has 0 radical (unpaired) electrons. The van der Waals surface area contributed by atoms with E-state index in [1.54, 1.807) is 13.4 Å². The van der Waals surface area contributed by atoms with E-state index in [9.17, 15) is 0 Å². The average Bonchev–Trinajstić information content (AvgIpc) is 2.66. The van der Waals surface area contributed by atoms with Gasteiger partial charge in [-0.2, -0.15) is 0 Å². The summed E-state index contributed by atoms with van der Waals surface area (Å²) in [4.78, 5) is 0. The summed E-state index contributed by atoms with van der Waals surface area (Å²) in [5.41, 5.74) is 1.89. The lowest BCUT2D eigenvalue weighted by atomic mass is 10.1. The number of hydrogen-bond donors (Lipinski definition) is 1. The number of nitrogens with one attached hydrogen (secondary N) is 1. The lowest BCUT2D eigenvalue weighted by Gasteiger charge is -2.13. The standard InChI is InChI=1S/C14H17NO3/c1-16-12-5-2-4-10-11(9-18-14(10)12)13-8-15-6-3-7-17-13/h2,4-5,9,13,15H,3,6-8H2,1H3. The maximum Gasteiger partial charge on any atom is 0.176 e. The molecule has 96 valence electrons. The molecule has 2 aromatic rings. The van der Waals surface area contributed by atoms with Gasteiger partial charge in [0.15, 0.2) is 11.3 Å². The Hall–Kier alpha value is -1.52. The number of methoxy groups -OCH3 is 1. The Balaban J connectivity index is 2.01. The quantitative estimate of drug-likeness (QED) is 0.885. The molecule has 3 rings (SSSR count). The number of benzene rings is 1. The fourth-order valence-electron chi connectivity index (χ4n) is 2.38. The molecular weight excluding hydrogens is 230 g/mol. The molecule has 18 heavy (non-hydrogen) atoms. The van der Waals surface area contributed by atoms with E-state index in [1.165, 1.54) is 0 Å². The minimum absolute atomic E-state index is 0.0563. The molecule has 0 aliphatic carbocycles. The number of para-hydroxylation sites is 1. The second kappa shape index (κ2) is 5.00. The van der Waals surface area contributed by atoms with Gasteiger partial charge in [-0.15, -0.1) is 0 Å². The van der Waals surface area contributed by atoms with E-state index in [0.717, 1.165) is 48.4 Å². The monoisotopic (exact) mass is 247 g/mol. The minimum Gasteiger partial charge on any atom is -0.493 e. The number of hydrogen-bond acceptors (Lipinski definition) is 4. The maximum absolute atomic E-state index is 5.87. The lowest BCUT2D eigenvalue weighted by Crippen LogP contribution is -2.19. The Labute approximate surface area is 106 Å². The van der Waals surface area contributed by atoms with Gasteiger partial charge >= 0.3 is 0 Å². The Bertz CT molecular complexity index is 527. The number of ether oxygens (including phenoxy) is 2. The number of rotatable bonds is 2. The Morgan fingerprint density at radius 3 is 3.22 bits per heavy atom. The molecule has 1 aromatic heterocycles. The molecule has 1 aromatic carbocycles. The topological polar surface area (TPSA) is 43.6 Å². The van der Waals surface area contributed by atoms with Gasteiger partial charge in [0, 0.05) is 24.1 Å². The van der Waals surface area contributed by atoms with Crippen LogP contribution in [0.1, 0.15) is 18.1 Å². The number of fused-ring (bicyclic) bond motifs is 1. The summed E-state index contributed by atoms with van der Waals surface area (Å²) in [5, 5.41) is 4.45. The van der Waals surface area contributed by atoms with Crippen molar-refractivity contribution in [2.75, 3.05) is 26.8 Å². The SMILES string of the molecule is COc1cccc2c(C3CNCCCO3)coc12. The van der Waals surface area contributed by atoms with Crippen molar-refractivity contribution in [2.45, 2.75) is 12.5 Å². The van der Waals surface area contributed by atoms with E-state index in [4.69, 9.17) is 13.9 Å². The van der Waals surface area contributed by atoms with Gasteiger partial charge in [0.1, 0.15) is 0 Å². The summed E-state index contributed by atoms with van der Waals surface area (Å²) in [6, 6.07) is 5.93. The van der Waals surface area contributed by atoms with Crippen LogP contribution in [-0.2, 0) is 4.74 Å². The summed E-state index contributed by atoms with van der Waals surface area (Å²) in [5.74, 6) is 0.764. The zero-order chi connectivity index (χ0) is 12.4. The van der Waals surface area contributed by atoms with Crippen molar-refractivity contribution in [3.8, 4) is 5.75 Å². The first-order valence-corrected chi connectivity index (χ1v) is 6.26. The summed E-state index contributed by atoms with van der Waals surface area (Å²) in [7, 11) is 1.65. The summed E-state index contributed by atoms with van der Waals surface area (Å²) < 4.78 is 16.8. The Morgan fingerprint density at radius 1 is 1.39 bits per heavy atom. The zero-order valence-electron chi connectivity index (χ0n) is 10.4. The van der Waals surface area contributed by atoms with Crippen LogP contribution in [0.2, 0.25) is 0 Å². The molecule has 1 fully saturated rings. The van der Waals surface area contributed by atoms with Crippen molar-refractivity contribution in [3.63, 3.8) is 0 Å². The molecule has 1 unspecified atom stereocenters. The van der Waals surface area contributed by atoms with E-state index in [-0.39, 0.29) is 6.10 Å². The van der Waals surface area contributed by atoms with Crippen LogP contribution in [0, 0.1) is 0 Å². The normalized spacial score (nSPS) is 20.8. The van der Waals surface area contributed by atoms with Gasteiger partial charge in [-0.1, -0.05) is 12.1 Å². The second-order valence-corrected chi connectivity index (χ2v) is 4.45. The lowest BCUT2D eigenvalue weighted by molar-refractivity contribution is 0.0673. The molecule has 2 heterocycles. The van der Waals surface area contributed by atoms with Gasteiger partial charge in [0.05, 0.1) is 19.5 Å².